The average Bonchev–Trinajstić information content (AvgIpc) is 3.11. The van der Waals surface area contributed by atoms with E-state index in [1.54, 1.807) is 7.11 Å². The van der Waals surface area contributed by atoms with Crippen molar-refractivity contribution in [2.75, 3.05) is 25.1 Å². The van der Waals surface area contributed by atoms with Crippen LogP contribution in [-0.4, -0.2) is 41.2 Å². The van der Waals surface area contributed by atoms with Crippen molar-refractivity contribution in [3.8, 4) is 5.69 Å². The lowest BCUT2D eigenvalue weighted by Gasteiger charge is -2.21. The highest BCUT2D eigenvalue weighted by Gasteiger charge is 2.28. The number of aliphatic hydroxyl groups excluding tert-OH is 1. The standard InChI is InChI=1S/C16H21N3O2/c1-12-15(11-20)16(18-9-8-14(10-18)21-2)19(17-12)13-6-4-3-5-7-13/h3-7,14,20H,8-11H2,1-2H3. The second-order valence-electron chi connectivity index (χ2n) is 5.39. The van der Waals surface area contributed by atoms with E-state index in [1.807, 2.05) is 41.9 Å². The van der Waals surface area contributed by atoms with E-state index >= 15 is 0 Å². The summed E-state index contributed by atoms with van der Waals surface area (Å²) < 4.78 is 7.38. The molecule has 1 saturated heterocycles. The van der Waals surface area contributed by atoms with Gasteiger partial charge in [0, 0.05) is 25.8 Å². The van der Waals surface area contributed by atoms with Crippen LogP contribution >= 0.6 is 0 Å². The summed E-state index contributed by atoms with van der Waals surface area (Å²) in [4.78, 5) is 2.26. The molecule has 0 amide bonds. The van der Waals surface area contributed by atoms with Gasteiger partial charge in [-0.1, -0.05) is 18.2 Å². The van der Waals surface area contributed by atoms with E-state index in [0.29, 0.717) is 0 Å². The molecule has 0 spiro atoms. The van der Waals surface area contributed by atoms with Crippen LogP contribution in [0, 0.1) is 6.92 Å². The molecule has 5 heteroatoms. The quantitative estimate of drug-likeness (QED) is 0.933. The predicted octanol–water partition coefficient (Wildman–Crippen LogP) is 1.90. The maximum Gasteiger partial charge on any atom is 0.138 e. The van der Waals surface area contributed by atoms with Gasteiger partial charge in [-0.15, -0.1) is 0 Å². The van der Waals surface area contributed by atoms with Gasteiger partial charge in [-0.2, -0.15) is 5.10 Å². The Morgan fingerprint density at radius 3 is 2.71 bits per heavy atom. The lowest BCUT2D eigenvalue weighted by molar-refractivity contribution is 0.121. The Kier molecular flexibility index (Phi) is 3.94. The first-order valence-corrected chi connectivity index (χ1v) is 7.27. The molecule has 0 saturated carbocycles. The summed E-state index contributed by atoms with van der Waals surface area (Å²) >= 11 is 0. The van der Waals surface area contributed by atoms with Gasteiger partial charge >= 0.3 is 0 Å². The third kappa shape index (κ3) is 2.54. The van der Waals surface area contributed by atoms with Crippen LogP contribution in [-0.2, 0) is 11.3 Å². The highest BCUT2D eigenvalue weighted by molar-refractivity contribution is 5.55. The molecule has 1 unspecified atom stereocenters. The van der Waals surface area contributed by atoms with Gasteiger partial charge in [0.25, 0.3) is 0 Å². The van der Waals surface area contributed by atoms with Crippen LogP contribution in [0.3, 0.4) is 0 Å². The average molecular weight is 287 g/mol. The van der Waals surface area contributed by atoms with Crippen molar-refractivity contribution in [3.63, 3.8) is 0 Å². The maximum atomic E-state index is 9.73. The van der Waals surface area contributed by atoms with Crippen LogP contribution in [0.15, 0.2) is 30.3 Å². The Morgan fingerprint density at radius 2 is 2.10 bits per heavy atom. The minimum absolute atomic E-state index is 0.00213. The number of aryl methyl sites for hydroxylation is 1. The number of anilines is 1. The fourth-order valence-electron chi connectivity index (χ4n) is 2.92. The van der Waals surface area contributed by atoms with Gasteiger partial charge in [-0.05, 0) is 25.5 Å². The summed E-state index contributed by atoms with van der Waals surface area (Å²) in [6, 6.07) is 10.0. The van der Waals surface area contributed by atoms with Gasteiger partial charge in [-0.3, -0.25) is 0 Å². The molecule has 1 fully saturated rings. The zero-order valence-corrected chi connectivity index (χ0v) is 12.5. The number of para-hydroxylation sites is 1. The van der Waals surface area contributed by atoms with Crippen molar-refractivity contribution in [1.29, 1.82) is 0 Å². The zero-order chi connectivity index (χ0) is 14.8. The number of benzene rings is 1. The predicted molar refractivity (Wildman–Crippen MR) is 81.9 cm³/mol. The molecule has 0 radical (unpaired) electrons. The molecule has 1 aromatic carbocycles. The van der Waals surface area contributed by atoms with E-state index < -0.39 is 0 Å². The van der Waals surface area contributed by atoms with Crippen LogP contribution in [0.2, 0.25) is 0 Å². The summed E-state index contributed by atoms with van der Waals surface area (Å²) in [6.07, 6.45) is 1.25. The van der Waals surface area contributed by atoms with Gasteiger partial charge in [0.05, 0.1) is 24.1 Å². The molecular weight excluding hydrogens is 266 g/mol. The van der Waals surface area contributed by atoms with Crippen LogP contribution in [0.4, 0.5) is 5.82 Å². The van der Waals surface area contributed by atoms with Crippen LogP contribution in [0.5, 0.6) is 0 Å². The first-order chi connectivity index (χ1) is 10.2. The minimum atomic E-state index is 0.00213. The Morgan fingerprint density at radius 1 is 1.33 bits per heavy atom. The van der Waals surface area contributed by atoms with Gasteiger partial charge in [0.15, 0.2) is 0 Å². The fourth-order valence-corrected chi connectivity index (χ4v) is 2.92. The van der Waals surface area contributed by atoms with Gasteiger partial charge in [0.1, 0.15) is 5.82 Å². The second-order valence-corrected chi connectivity index (χ2v) is 5.39. The second kappa shape index (κ2) is 5.87. The third-order valence-electron chi connectivity index (χ3n) is 4.09. The Balaban J connectivity index is 2.05. The molecule has 1 aliphatic rings. The lowest BCUT2D eigenvalue weighted by Crippen LogP contribution is -2.25. The van der Waals surface area contributed by atoms with E-state index in [9.17, 15) is 5.11 Å². The number of aliphatic hydroxyl groups is 1. The molecular formula is C16H21N3O2. The number of nitrogens with zero attached hydrogens (tertiary/aromatic N) is 3. The van der Waals surface area contributed by atoms with Crippen molar-refractivity contribution in [2.24, 2.45) is 0 Å². The van der Waals surface area contributed by atoms with E-state index in [-0.39, 0.29) is 12.7 Å². The molecule has 5 nitrogen and oxygen atoms in total. The molecule has 1 aliphatic heterocycles. The summed E-state index contributed by atoms with van der Waals surface area (Å²) in [5.74, 6) is 0.987. The fraction of sp³-hybridized carbons (Fsp3) is 0.438. The summed E-state index contributed by atoms with van der Waals surface area (Å²) in [5.41, 5.74) is 2.78. The van der Waals surface area contributed by atoms with Crippen LogP contribution in [0.1, 0.15) is 17.7 Å². The highest BCUT2D eigenvalue weighted by atomic mass is 16.5. The molecule has 3 rings (SSSR count). The Bertz CT molecular complexity index is 609. The van der Waals surface area contributed by atoms with Gasteiger partial charge < -0.3 is 14.7 Å². The first-order valence-electron chi connectivity index (χ1n) is 7.27. The van der Waals surface area contributed by atoms with Crippen LogP contribution < -0.4 is 4.90 Å². The number of methoxy groups -OCH3 is 1. The van der Waals surface area contributed by atoms with E-state index in [1.165, 1.54) is 0 Å². The lowest BCUT2D eigenvalue weighted by atomic mass is 10.2. The smallest absolute Gasteiger partial charge is 0.138 e. The SMILES string of the molecule is COC1CCN(c2c(CO)c(C)nn2-c2ccccc2)C1. The number of ether oxygens (including phenoxy) is 1. The van der Waals surface area contributed by atoms with Crippen molar-refractivity contribution < 1.29 is 9.84 Å². The Labute approximate surface area is 124 Å². The molecule has 2 heterocycles. The van der Waals surface area contributed by atoms with E-state index in [0.717, 1.165) is 42.3 Å². The van der Waals surface area contributed by atoms with Gasteiger partial charge in [-0.25, -0.2) is 4.68 Å². The van der Waals surface area contributed by atoms with Crippen LogP contribution in [0.25, 0.3) is 5.69 Å². The summed E-state index contributed by atoms with van der Waals surface area (Å²) in [6.45, 7) is 3.70. The first kappa shape index (κ1) is 14.1. The molecule has 0 bridgehead atoms. The monoisotopic (exact) mass is 287 g/mol. The van der Waals surface area contributed by atoms with Crippen molar-refractivity contribution in [1.82, 2.24) is 9.78 Å². The van der Waals surface area contributed by atoms with Crippen molar-refractivity contribution >= 4 is 5.82 Å². The molecule has 1 aromatic heterocycles. The normalized spacial score (nSPS) is 18.4. The molecule has 2 aromatic rings. The Hall–Kier alpha value is -1.85. The molecule has 112 valence electrons. The number of rotatable bonds is 4. The number of aromatic nitrogens is 2. The van der Waals surface area contributed by atoms with Crippen molar-refractivity contribution in [3.05, 3.63) is 41.6 Å². The third-order valence-corrected chi connectivity index (χ3v) is 4.09. The van der Waals surface area contributed by atoms with Gasteiger partial charge in [0.2, 0.25) is 0 Å². The molecule has 1 N–H and O–H groups in total. The molecule has 21 heavy (non-hydrogen) atoms. The largest absolute Gasteiger partial charge is 0.391 e. The van der Waals surface area contributed by atoms with Crippen molar-refractivity contribution in [2.45, 2.75) is 26.1 Å². The molecule has 0 aliphatic carbocycles. The minimum Gasteiger partial charge on any atom is -0.391 e. The number of hydrogen-bond acceptors (Lipinski definition) is 4. The molecule has 1 atom stereocenters. The topological polar surface area (TPSA) is 50.5 Å². The highest BCUT2D eigenvalue weighted by Crippen LogP contribution is 2.30. The zero-order valence-electron chi connectivity index (χ0n) is 12.5. The van der Waals surface area contributed by atoms with E-state index in [2.05, 4.69) is 10.00 Å². The van der Waals surface area contributed by atoms with E-state index in [4.69, 9.17) is 4.74 Å². The maximum absolute atomic E-state index is 9.73. The number of hydrogen-bond donors (Lipinski definition) is 1. The summed E-state index contributed by atoms with van der Waals surface area (Å²) in [5, 5.41) is 14.4. The summed E-state index contributed by atoms with van der Waals surface area (Å²) in [7, 11) is 1.75.